The van der Waals surface area contributed by atoms with Crippen molar-refractivity contribution >= 4 is 29.9 Å². The van der Waals surface area contributed by atoms with E-state index in [1.165, 1.54) is 0 Å². The molecule has 0 aromatic heterocycles. The molecule has 0 saturated carbocycles. The molecule has 27 heavy (non-hydrogen) atoms. The van der Waals surface area contributed by atoms with Crippen LogP contribution in [0.5, 0.6) is 0 Å². The number of benzene rings is 2. The molecule has 2 aromatic carbocycles. The van der Waals surface area contributed by atoms with Gasteiger partial charge in [-0.25, -0.2) is 0 Å². The highest BCUT2D eigenvalue weighted by Gasteiger charge is 2.32. The quantitative estimate of drug-likeness (QED) is 0.827. The summed E-state index contributed by atoms with van der Waals surface area (Å²) >= 11 is 0. The molecule has 3 N–H and O–H groups in total. The number of carbonyl (C=O) groups is 2. The van der Waals surface area contributed by atoms with Crippen LogP contribution in [-0.4, -0.2) is 24.4 Å². The second-order valence-corrected chi connectivity index (χ2v) is 6.75. The first-order chi connectivity index (χ1) is 12.6. The van der Waals surface area contributed by atoms with Crippen molar-refractivity contribution in [3.8, 4) is 0 Å². The Hall–Kier alpha value is -2.37. The van der Waals surface area contributed by atoms with Gasteiger partial charge in [0.1, 0.15) is 6.04 Å². The maximum atomic E-state index is 12.8. The first-order valence-corrected chi connectivity index (χ1v) is 9.05. The highest BCUT2D eigenvalue weighted by Crippen LogP contribution is 2.23. The van der Waals surface area contributed by atoms with Crippen molar-refractivity contribution in [3.05, 3.63) is 66.2 Å². The Morgan fingerprint density at radius 2 is 1.70 bits per heavy atom. The molecular formula is C21H26ClN3O2. The molecule has 0 aliphatic carbocycles. The number of rotatable bonds is 5. The third kappa shape index (κ3) is 4.87. The van der Waals surface area contributed by atoms with E-state index in [9.17, 15) is 9.59 Å². The molecule has 5 nitrogen and oxygen atoms in total. The van der Waals surface area contributed by atoms with E-state index in [4.69, 9.17) is 5.73 Å². The van der Waals surface area contributed by atoms with E-state index in [-0.39, 0.29) is 24.2 Å². The lowest BCUT2D eigenvalue weighted by atomic mass is 9.94. The summed E-state index contributed by atoms with van der Waals surface area (Å²) in [6, 6.07) is 18.2. The highest BCUT2D eigenvalue weighted by atomic mass is 35.5. The second-order valence-electron chi connectivity index (χ2n) is 6.75. The van der Waals surface area contributed by atoms with Gasteiger partial charge < -0.3 is 16.0 Å². The third-order valence-electron chi connectivity index (χ3n) is 4.96. The van der Waals surface area contributed by atoms with Crippen LogP contribution in [0.2, 0.25) is 0 Å². The summed E-state index contributed by atoms with van der Waals surface area (Å²) < 4.78 is 0. The van der Waals surface area contributed by atoms with Crippen LogP contribution < -0.4 is 16.0 Å². The number of nitrogens with one attached hydrogen (secondary N) is 1. The molecule has 3 unspecified atom stereocenters. The van der Waals surface area contributed by atoms with Crippen LogP contribution in [0.3, 0.4) is 0 Å². The highest BCUT2D eigenvalue weighted by molar-refractivity contribution is 6.00. The van der Waals surface area contributed by atoms with Crippen LogP contribution in [0.4, 0.5) is 5.69 Å². The van der Waals surface area contributed by atoms with Gasteiger partial charge in [0.25, 0.3) is 0 Å². The van der Waals surface area contributed by atoms with Crippen LogP contribution >= 0.6 is 12.4 Å². The van der Waals surface area contributed by atoms with E-state index in [2.05, 4.69) is 5.32 Å². The van der Waals surface area contributed by atoms with Crippen molar-refractivity contribution in [2.75, 3.05) is 11.4 Å². The monoisotopic (exact) mass is 387 g/mol. The fraction of sp³-hybridized carbons (Fsp3) is 0.333. The molecule has 1 saturated heterocycles. The summed E-state index contributed by atoms with van der Waals surface area (Å²) in [7, 11) is 0. The number of nitrogens with zero attached hydrogens (tertiary/aromatic N) is 1. The molecular weight excluding hydrogens is 362 g/mol. The fourth-order valence-electron chi connectivity index (χ4n) is 3.30. The number of para-hydroxylation sites is 1. The van der Waals surface area contributed by atoms with Gasteiger partial charge in [-0.1, -0.05) is 55.5 Å². The summed E-state index contributed by atoms with van der Waals surface area (Å²) in [5.74, 6) is -0.664. The number of hydrogen-bond acceptors (Lipinski definition) is 3. The molecule has 3 atom stereocenters. The normalized spacial score (nSPS) is 19.0. The zero-order valence-corrected chi connectivity index (χ0v) is 16.2. The number of anilines is 1. The topological polar surface area (TPSA) is 75.4 Å². The van der Waals surface area contributed by atoms with E-state index >= 15 is 0 Å². The molecule has 1 aliphatic rings. The number of piperidine rings is 1. The lowest BCUT2D eigenvalue weighted by Gasteiger charge is -2.33. The molecule has 6 heteroatoms. The van der Waals surface area contributed by atoms with Gasteiger partial charge in [-0.3, -0.25) is 9.59 Å². The Labute approximate surface area is 166 Å². The molecule has 2 aromatic rings. The van der Waals surface area contributed by atoms with Crippen LogP contribution in [0.1, 0.15) is 31.4 Å². The van der Waals surface area contributed by atoms with Gasteiger partial charge in [0.15, 0.2) is 0 Å². The summed E-state index contributed by atoms with van der Waals surface area (Å²) in [4.78, 5) is 27.2. The first kappa shape index (κ1) is 20.9. The Morgan fingerprint density at radius 3 is 2.33 bits per heavy atom. The Bertz CT molecular complexity index is 755. The van der Waals surface area contributed by atoms with Crippen molar-refractivity contribution in [2.24, 2.45) is 11.7 Å². The van der Waals surface area contributed by atoms with Gasteiger partial charge in [-0.05, 0) is 30.5 Å². The molecule has 0 radical (unpaired) electrons. The van der Waals surface area contributed by atoms with Crippen molar-refractivity contribution in [1.29, 1.82) is 0 Å². The van der Waals surface area contributed by atoms with E-state index in [1.54, 1.807) is 11.8 Å². The van der Waals surface area contributed by atoms with Gasteiger partial charge in [-0.15, -0.1) is 12.4 Å². The van der Waals surface area contributed by atoms with E-state index in [0.29, 0.717) is 13.0 Å². The standard InChI is InChI=1S/C21H25N3O2.ClH/c1-15(19(22)16-9-4-2-5-10-16)20(25)23-18-13-8-14-24(21(18)26)17-11-6-3-7-12-17;/h2-7,9-12,15,18-19H,8,13-14,22H2,1H3,(H,23,25);1H. The number of hydrogen-bond donors (Lipinski definition) is 2. The van der Waals surface area contributed by atoms with Gasteiger partial charge >= 0.3 is 0 Å². The van der Waals surface area contributed by atoms with E-state index in [0.717, 1.165) is 17.7 Å². The van der Waals surface area contributed by atoms with Gasteiger partial charge in [-0.2, -0.15) is 0 Å². The minimum absolute atomic E-state index is 0. The minimum atomic E-state index is -0.498. The van der Waals surface area contributed by atoms with E-state index in [1.807, 2.05) is 60.7 Å². The molecule has 3 rings (SSSR count). The molecule has 2 amide bonds. The predicted molar refractivity (Wildman–Crippen MR) is 110 cm³/mol. The molecule has 144 valence electrons. The summed E-state index contributed by atoms with van der Waals surface area (Å²) in [6.07, 6.45) is 1.51. The van der Waals surface area contributed by atoms with Crippen molar-refractivity contribution < 1.29 is 9.59 Å². The number of carbonyl (C=O) groups excluding carboxylic acids is 2. The average Bonchev–Trinajstić information content (AvgIpc) is 2.69. The Balaban J connectivity index is 0.00000261. The van der Waals surface area contributed by atoms with Gasteiger partial charge in [0.05, 0.1) is 5.92 Å². The van der Waals surface area contributed by atoms with Crippen LogP contribution in [0.25, 0.3) is 0 Å². The third-order valence-corrected chi connectivity index (χ3v) is 4.96. The summed E-state index contributed by atoms with van der Waals surface area (Å²) in [5, 5.41) is 2.91. The maximum Gasteiger partial charge on any atom is 0.249 e. The maximum absolute atomic E-state index is 12.8. The van der Waals surface area contributed by atoms with Crippen LogP contribution in [0, 0.1) is 5.92 Å². The number of nitrogens with two attached hydrogens (primary N) is 1. The molecule has 1 aliphatic heterocycles. The van der Waals surface area contributed by atoms with Gasteiger partial charge in [0, 0.05) is 18.3 Å². The Morgan fingerprint density at radius 1 is 1.11 bits per heavy atom. The predicted octanol–water partition coefficient (Wildman–Crippen LogP) is 3.06. The lowest BCUT2D eigenvalue weighted by molar-refractivity contribution is -0.130. The summed E-state index contributed by atoms with van der Waals surface area (Å²) in [6.45, 7) is 2.48. The van der Waals surface area contributed by atoms with Crippen LogP contribution in [0.15, 0.2) is 60.7 Å². The summed E-state index contributed by atoms with van der Waals surface area (Å²) in [5.41, 5.74) is 8.02. The fourth-order valence-corrected chi connectivity index (χ4v) is 3.30. The molecule has 1 fully saturated rings. The average molecular weight is 388 g/mol. The van der Waals surface area contributed by atoms with E-state index < -0.39 is 18.0 Å². The lowest BCUT2D eigenvalue weighted by Crippen LogP contribution is -2.54. The Kier molecular flexibility index (Phi) is 7.39. The van der Waals surface area contributed by atoms with Crippen LogP contribution in [-0.2, 0) is 9.59 Å². The zero-order valence-electron chi connectivity index (χ0n) is 15.4. The molecule has 0 bridgehead atoms. The van der Waals surface area contributed by atoms with Crippen molar-refractivity contribution in [3.63, 3.8) is 0 Å². The van der Waals surface area contributed by atoms with Crippen molar-refractivity contribution in [2.45, 2.75) is 31.8 Å². The molecule has 0 spiro atoms. The number of halogens is 1. The SMILES string of the molecule is CC(C(=O)NC1CCCN(c2ccccc2)C1=O)C(N)c1ccccc1.Cl. The smallest absolute Gasteiger partial charge is 0.249 e. The largest absolute Gasteiger partial charge is 0.344 e. The zero-order chi connectivity index (χ0) is 18.5. The number of amides is 2. The minimum Gasteiger partial charge on any atom is -0.344 e. The van der Waals surface area contributed by atoms with Gasteiger partial charge in [0.2, 0.25) is 11.8 Å². The first-order valence-electron chi connectivity index (χ1n) is 9.05. The second kappa shape index (κ2) is 9.53. The molecule has 1 heterocycles. The van der Waals surface area contributed by atoms with Crippen molar-refractivity contribution in [1.82, 2.24) is 5.32 Å².